The topological polar surface area (TPSA) is 76.7 Å². The van der Waals surface area contributed by atoms with E-state index in [0.717, 1.165) is 10.2 Å². The highest BCUT2D eigenvalue weighted by molar-refractivity contribution is 7.16. The lowest BCUT2D eigenvalue weighted by atomic mass is 10.4. The number of rotatable bonds is 2. The third-order valence-electron chi connectivity index (χ3n) is 1.86. The van der Waals surface area contributed by atoms with E-state index in [-0.39, 0.29) is 0 Å². The van der Waals surface area contributed by atoms with Gasteiger partial charge in [0, 0.05) is 5.27 Å². The summed E-state index contributed by atoms with van der Waals surface area (Å²) >= 11 is 1.56. The molecule has 0 bridgehead atoms. The summed E-state index contributed by atoms with van der Waals surface area (Å²) in [6.45, 7) is 0. The molecule has 0 aliphatic rings. The Morgan fingerprint density at radius 1 is 1.33 bits per heavy atom. The largest absolute Gasteiger partial charge is 0.319 e. The zero-order chi connectivity index (χ0) is 10.1. The molecule has 0 atom stereocenters. The Morgan fingerprint density at radius 3 is 3.20 bits per heavy atom. The maximum absolute atomic E-state index is 4.83. The van der Waals surface area contributed by atoms with Crippen LogP contribution in [-0.2, 0) is 0 Å². The first-order chi connectivity index (χ1) is 7.43. The van der Waals surface area contributed by atoms with Gasteiger partial charge in [0.2, 0.25) is 0 Å². The summed E-state index contributed by atoms with van der Waals surface area (Å²) in [7, 11) is 0. The summed E-state index contributed by atoms with van der Waals surface area (Å²) in [5, 5.41) is 12.8. The van der Waals surface area contributed by atoms with Gasteiger partial charge in [0.25, 0.3) is 5.88 Å². The quantitative estimate of drug-likeness (QED) is 0.708. The van der Waals surface area contributed by atoms with Crippen molar-refractivity contribution in [2.45, 2.75) is 0 Å². The van der Waals surface area contributed by atoms with Crippen molar-refractivity contribution in [3.63, 3.8) is 0 Å². The Kier molecular flexibility index (Phi) is 1.82. The molecule has 0 aromatic carbocycles. The van der Waals surface area contributed by atoms with Crippen molar-refractivity contribution in [1.29, 1.82) is 0 Å². The molecule has 0 radical (unpaired) electrons. The van der Waals surface area contributed by atoms with Crippen molar-refractivity contribution >= 4 is 33.3 Å². The molecule has 1 N–H and O–H groups in total. The predicted molar refractivity (Wildman–Crippen MR) is 55.0 cm³/mol. The minimum atomic E-state index is 0.459. The second-order valence-corrected chi connectivity index (χ2v) is 3.66. The molecule has 0 spiro atoms. The summed E-state index contributed by atoms with van der Waals surface area (Å²) in [4.78, 5) is 9.19. The van der Waals surface area contributed by atoms with Gasteiger partial charge in [0.15, 0.2) is 0 Å². The lowest BCUT2D eigenvalue weighted by molar-refractivity contribution is 0.406. The fraction of sp³-hybridized carbons (Fsp3) is 0. The third kappa shape index (κ3) is 1.42. The standard InChI is InChI=1S/C8H5N5OS/c1-2-15-8-5(1)7(9-4-10-8)12-6-3-11-13-14-6/h1-4H,(H,9,10,12). The lowest BCUT2D eigenvalue weighted by Gasteiger charge is -2.00. The van der Waals surface area contributed by atoms with Crippen LogP contribution in [0, 0.1) is 0 Å². The molecule has 3 aromatic rings. The summed E-state index contributed by atoms with van der Waals surface area (Å²) < 4.78 is 4.83. The lowest BCUT2D eigenvalue weighted by Crippen LogP contribution is -1.92. The molecule has 3 heterocycles. The Bertz CT molecular complexity index is 576. The van der Waals surface area contributed by atoms with Crippen LogP contribution >= 0.6 is 11.3 Å². The molecule has 7 heteroatoms. The first-order valence-corrected chi connectivity index (χ1v) is 5.04. The highest BCUT2D eigenvalue weighted by Gasteiger charge is 2.06. The molecule has 3 aromatic heterocycles. The Hall–Kier alpha value is -2.02. The van der Waals surface area contributed by atoms with E-state index in [1.165, 1.54) is 12.5 Å². The number of thiophene rings is 1. The van der Waals surface area contributed by atoms with E-state index < -0.39 is 0 Å². The van der Waals surface area contributed by atoms with Crippen molar-refractivity contribution < 1.29 is 4.52 Å². The normalized spacial score (nSPS) is 10.7. The van der Waals surface area contributed by atoms with Crippen LogP contribution in [0.2, 0.25) is 0 Å². The van der Waals surface area contributed by atoms with Gasteiger partial charge in [-0.2, -0.15) is 0 Å². The van der Waals surface area contributed by atoms with E-state index in [2.05, 4.69) is 25.7 Å². The van der Waals surface area contributed by atoms with Gasteiger partial charge < -0.3 is 9.84 Å². The van der Waals surface area contributed by atoms with E-state index in [4.69, 9.17) is 4.52 Å². The van der Waals surface area contributed by atoms with E-state index in [9.17, 15) is 0 Å². The van der Waals surface area contributed by atoms with Crippen LogP contribution in [-0.4, -0.2) is 20.3 Å². The van der Waals surface area contributed by atoms with Gasteiger partial charge in [-0.1, -0.05) is 0 Å². The Morgan fingerprint density at radius 2 is 2.33 bits per heavy atom. The van der Waals surface area contributed by atoms with Gasteiger partial charge in [-0.25, -0.2) is 9.97 Å². The molecule has 74 valence electrons. The first-order valence-electron chi connectivity index (χ1n) is 4.16. The number of hydrogen-bond acceptors (Lipinski definition) is 7. The first kappa shape index (κ1) is 8.30. The molecular formula is C8H5N5OS. The molecular weight excluding hydrogens is 214 g/mol. The zero-order valence-corrected chi connectivity index (χ0v) is 8.23. The number of anilines is 2. The second-order valence-electron chi connectivity index (χ2n) is 2.77. The van der Waals surface area contributed by atoms with E-state index >= 15 is 0 Å². The number of aromatic nitrogens is 4. The predicted octanol–water partition coefficient (Wildman–Crippen LogP) is 1.82. The Balaban J connectivity index is 2.07. The molecule has 6 nitrogen and oxygen atoms in total. The summed E-state index contributed by atoms with van der Waals surface area (Å²) in [5.41, 5.74) is 0. The highest BCUT2D eigenvalue weighted by atomic mass is 32.1. The van der Waals surface area contributed by atoms with E-state index in [1.807, 2.05) is 11.4 Å². The van der Waals surface area contributed by atoms with Gasteiger partial charge in [-0.15, -0.1) is 16.4 Å². The summed E-state index contributed by atoms with van der Waals surface area (Å²) in [6.07, 6.45) is 2.99. The molecule has 15 heavy (non-hydrogen) atoms. The van der Waals surface area contributed by atoms with Gasteiger partial charge in [0.05, 0.1) is 5.39 Å². The molecule has 3 rings (SSSR count). The van der Waals surface area contributed by atoms with Crippen LogP contribution in [0.15, 0.2) is 28.5 Å². The molecule has 0 unspecified atom stereocenters. The van der Waals surface area contributed by atoms with Crippen molar-refractivity contribution in [3.8, 4) is 0 Å². The number of nitrogens with zero attached hydrogens (tertiary/aromatic N) is 4. The fourth-order valence-corrected chi connectivity index (χ4v) is 1.96. The summed E-state index contributed by atoms with van der Waals surface area (Å²) in [6, 6.07) is 1.95. The van der Waals surface area contributed by atoms with E-state index in [0.29, 0.717) is 11.7 Å². The second kappa shape index (κ2) is 3.28. The maximum atomic E-state index is 4.83. The average molecular weight is 219 g/mol. The van der Waals surface area contributed by atoms with Crippen LogP contribution < -0.4 is 5.32 Å². The minimum Gasteiger partial charge on any atom is -0.319 e. The van der Waals surface area contributed by atoms with Crippen molar-refractivity contribution in [2.24, 2.45) is 0 Å². The van der Waals surface area contributed by atoms with Crippen LogP contribution in [0.3, 0.4) is 0 Å². The van der Waals surface area contributed by atoms with Crippen LogP contribution in [0.5, 0.6) is 0 Å². The molecule has 0 amide bonds. The third-order valence-corrected chi connectivity index (χ3v) is 2.69. The summed E-state index contributed by atoms with van der Waals surface area (Å²) in [5.74, 6) is 1.15. The molecule has 0 aliphatic heterocycles. The van der Waals surface area contributed by atoms with Crippen molar-refractivity contribution in [3.05, 3.63) is 24.0 Å². The molecule has 0 saturated carbocycles. The van der Waals surface area contributed by atoms with E-state index in [1.54, 1.807) is 11.3 Å². The molecule has 0 saturated heterocycles. The molecule has 0 fully saturated rings. The fourth-order valence-electron chi connectivity index (χ4n) is 1.23. The van der Waals surface area contributed by atoms with Crippen molar-refractivity contribution in [1.82, 2.24) is 20.3 Å². The van der Waals surface area contributed by atoms with Crippen LogP contribution in [0.25, 0.3) is 10.2 Å². The monoisotopic (exact) mass is 219 g/mol. The average Bonchev–Trinajstić information content (AvgIpc) is 2.87. The van der Waals surface area contributed by atoms with Crippen LogP contribution in [0.1, 0.15) is 0 Å². The highest BCUT2D eigenvalue weighted by Crippen LogP contribution is 2.25. The van der Waals surface area contributed by atoms with Crippen molar-refractivity contribution in [2.75, 3.05) is 5.32 Å². The van der Waals surface area contributed by atoms with Gasteiger partial charge in [-0.3, -0.25) is 0 Å². The van der Waals surface area contributed by atoms with Gasteiger partial charge in [0.1, 0.15) is 23.2 Å². The van der Waals surface area contributed by atoms with Gasteiger partial charge >= 0.3 is 0 Å². The minimum absolute atomic E-state index is 0.459. The number of hydrogen-bond donors (Lipinski definition) is 1. The number of nitrogens with one attached hydrogen (secondary N) is 1. The SMILES string of the molecule is c1nc(Nc2cnno2)c2ccsc2n1. The number of fused-ring (bicyclic) bond motifs is 1. The molecule has 0 aliphatic carbocycles. The van der Waals surface area contributed by atoms with Crippen LogP contribution in [0.4, 0.5) is 11.7 Å². The Labute approximate surface area is 88.0 Å². The smallest absolute Gasteiger partial charge is 0.250 e. The van der Waals surface area contributed by atoms with Gasteiger partial charge in [-0.05, 0) is 11.4 Å². The maximum Gasteiger partial charge on any atom is 0.250 e. The zero-order valence-electron chi connectivity index (χ0n) is 7.41.